The van der Waals surface area contributed by atoms with Crippen LogP contribution in [0.25, 0.3) is 11.3 Å². The van der Waals surface area contributed by atoms with Crippen LogP contribution in [0.15, 0.2) is 18.2 Å². The van der Waals surface area contributed by atoms with E-state index < -0.39 is 5.97 Å². The number of rotatable bonds is 4. The molecular weight excluding hydrogens is 256 g/mol. The molecule has 0 bridgehead atoms. The van der Waals surface area contributed by atoms with E-state index in [2.05, 4.69) is 24.0 Å². The first-order chi connectivity index (χ1) is 9.45. The lowest BCUT2D eigenvalue weighted by molar-refractivity contribution is 0.0690. The largest absolute Gasteiger partial charge is 0.496 e. The Morgan fingerprint density at radius 1 is 1.40 bits per heavy atom. The second-order valence-corrected chi connectivity index (χ2v) is 5.01. The molecule has 0 spiro atoms. The number of nitrogens with zero attached hydrogens (tertiary/aromatic N) is 1. The van der Waals surface area contributed by atoms with E-state index in [1.807, 2.05) is 19.1 Å². The second-order valence-electron chi connectivity index (χ2n) is 5.01. The number of hydrogen-bond donors (Lipinski definition) is 2. The van der Waals surface area contributed by atoms with Gasteiger partial charge in [0.15, 0.2) is 0 Å². The highest BCUT2D eigenvalue weighted by Crippen LogP contribution is 2.38. The molecule has 20 heavy (non-hydrogen) atoms. The summed E-state index contributed by atoms with van der Waals surface area (Å²) >= 11 is 0. The number of carbonyl (C=O) groups is 1. The monoisotopic (exact) mass is 274 g/mol. The van der Waals surface area contributed by atoms with Crippen LogP contribution in [-0.2, 0) is 0 Å². The van der Waals surface area contributed by atoms with Crippen molar-refractivity contribution in [2.75, 3.05) is 7.11 Å². The van der Waals surface area contributed by atoms with Crippen molar-refractivity contribution in [1.82, 2.24) is 10.2 Å². The molecule has 0 saturated heterocycles. The fourth-order valence-corrected chi connectivity index (χ4v) is 2.27. The van der Waals surface area contributed by atoms with E-state index in [-0.39, 0.29) is 11.6 Å². The van der Waals surface area contributed by atoms with Crippen molar-refractivity contribution < 1.29 is 14.6 Å². The highest BCUT2D eigenvalue weighted by Gasteiger charge is 2.19. The number of ether oxygens (including phenoxy) is 1. The van der Waals surface area contributed by atoms with Crippen LogP contribution in [0.2, 0.25) is 0 Å². The maximum absolute atomic E-state index is 11.0. The Morgan fingerprint density at radius 3 is 2.60 bits per heavy atom. The van der Waals surface area contributed by atoms with Gasteiger partial charge < -0.3 is 9.84 Å². The van der Waals surface area contributed by atoms with Gasteiger partial charge in [0.1, 0.15) is 11.4 Å². The van der Waals surface area contributed by atoms with E-state index in [1.54, 1.807) is 7.11 Å². The van der Waals surface area contributed by atoms with Gasteiger partial charge in [-0.1, -0.05) is 26.0 Å². The highest BCUT2D eigenvalue weighted by molar-refractivity contribution is 5.87. The molecule has 5 nitrogen and oxygen atoms in total. The maximum atomic E-state index is 11.0. The van der Waals surface area contributed by atoms with Gasteiger partial charge in [-0.3, -0.25) is 5.10 Å². The number of nitrogens with one attached hydrogen (secondary N) is 1. The molecule has 2 aromatic rings. The predicted octanol–water partition coefficient (Wildman–Crippen LogP) is 3.22. The van der Waals surface area contributed by atoms with Crippen LogP contribution >= 0.6 is 0 Å². The predicted molar refractivity (Wildman–Crippen MR) is 76.4 cm³/mol. The highest BCUT2D eigenvalue weighted by atomic mass is 16.5. The lowest BCUT2D eigenvalue weighted by Crippen LogP contribution is -1.99. The molecule has 2 rings (SSSR count). The van der Waals surface area contributed by atoms with Crippen LogP contribution in [0.5, 0.6) is 5.75 Å². The number of carboxylic acid groups (broad SMARTS) is 1. The SMILES string of the molecule is COc1c(C)ccc(C(C)C)c1-c1cc(C(=O)O)[nH]n1. The summed E-state index contributed by atoms with van der Waals surface area (Å²) in [5, 5.41) is 15.7. The molecule has 1 aromatic carbocycles. The molecule has 0 atom stereocenters. The van der Waals surface area contributed by atoms with Crippen molar-refractivity contribution in [3.05, 3.63) is 35.0 Å². The van der Waals surface area contributed by atoms with Crippen LogP contribution in [0.3, 0.4) is 0 Å². The lowest BCUT2D eigenvalue weighted by Gasteiger charge is -2.17. The number of carboxylic acids is 1. The van der Waals surface area contributed by atoms with Crippen LogP contribution < -0.4 is 4.74 Å². The minimum atomic E-state index is -1.03. The van der Waals surface area contributed by atoms with E-state index >= 15 is 0 Å². The standard InChI is InChI=1S/C15H18N2O3/c1-8(2)10-6-5-9(3)14(20-4)13(10)11-7-12(15(18)19)17-16-11/h5-8H,1-4H3,(H,16,17)(H,18,19). The van der Waals surface area contributed by atoms with Gasteiger partial charge in [0.2, 0.25) is 0 Å². The summed E-state index contributed by atoms with van der Waals surface area (Å²) in [4.78, 5) is 11.0. The first-order valence-electron chi connectivity index (χ1n) is 6.42. The van der Waals surface area contributed by atoms with E-state index in [0.29, 0.717) is 5.69 Å². The van der Waals surface area contributed by atoms with Crippen LogP contribution in [0.4, 0.5) is 0 Å². The molecule has 0 radical (unpaired) electrons. The molecule has 0 fully saturated rings. The first-order valence-corrected chi connectivity index (χ1v) is 6.42. The molecule has 0 unspecified atom stereocenters. The topological polar surface area (TPSA) is 75.2 Å². The number of hydrogen-bond acceptors (Lipinski definition) is 3. The average Bonchev–Trinajstić information content (AvgIpc) is 2.87. The summed E-state index contributed by atoms with van der Waals surface area (Å²) in [5.74, 6) is -0.00872. The summed E-state index contributed by atoms with van der Waals surface area (Å²) in [5.41, 5.74) is 3.58. The molecule has 0 aliphatic carbocycles. The molecule has 1 aromatic heterocycles. The minimum Gasteiger partial charge on any atom is -0.496 e. The van der Waals surface area contributed by atoms with Gasteiger partial charge in [0, 0.05) is 5.56 Å². The average molecular weight is 274 g/mol. The molecule has 2 N–H and O–H groups in total. The number of methoxy groups -OCH3 is 1. The fourth-order valence-electron chi connectivity index (χ4n) is 2.27. The van der Waals surface area contributed by atoms with Crippen molar-refractivity contribution in [3.63, 3.8) is 0 Å². The molecule has 5 heteroatoms. The Labute approximate surface area is 117 Å². The van der Waals surface area contributed by atoms with Gasteiger partial charge in [0.05, 0.1) is 12.8 Å². The molecular formula is C15H18N2O3. The smallest absolute Gasteiger partial charge is 0.353 e. The summed E-state index contributed by atoms with van der Waals surface area (Å²) < 4.78 is 5.49. The minimum absolute atomic E-state index is 0.0678. The van der Waals surface area contributed by atoms with E-state index in [4.69, 9.17) is 9.84 Å². The summed E-state index contributed by atoms with van der Waals surface area (Å²) in [6, 6.07) is 5.57. The Bertz CT molecular complexity index is 645. The Hall–Kier alpha value is -2.30. The third kappa shape index (κ3) is 2.39. The third-order valence-electron chi connectivity index (χ3n) is 3.28. The first kappa shape index (κ1) is 14.1. The molecule has 0 aliphatic rings. The number of H-pyrrole nitrogens is 1. The fraction of sp³-hybridized carbons (Fsp3) is 0.333. The number of aromatic carboxylic acids is 1. The quantitative estimate of drug-likeness (QED) is 0.897. The van der Waals surface area contributed by atoms with E-state index in [1.165, 1.54) is 6.07 Å². The van der Waals surface area contributed by atoms with Gasteiger partial charge >= 0.3 is 5.97 Å². The molecule has 1 heterocycles. The summed E-state index contributed by atoms with van der Waals surface area (Å²) in [6.45, 7) is 6.12. The maximum Gasteiger partial charge on any atom is 0.353 e. The van der Waals surface area contributed by atoms with Gasteiger partial charge in [-0.25, -0.2) is 4.79 Å². The zero-order valence-corrected chi connectivity index (χ0v) is 12.0. The van der Waals surface area contributed by atoms with Gasteiger partial charge in [0.25, 0.3) is 0 Å². The van der Waals surface area contributed by atoms with Gasteiger partial charge in [-0.2, -0.15) is 5.10 Å². The van der Waals surface area contributed by atoms with E-state index in [9.17, 15) is 4.79 Å². The zero-order chi connectivity index (χ0) is 14.9. The van der Waals surface area contributed by atoms with Crippen molar-refractivity contribution in [1.29, 1.82) is 0 Å². The number of aryl methyl sites for hydroxylation is 1. The van der Waals surface area contributed by atoms with Crippen molar-refractivity contribution in [2.45, 2.75) is 26.7 Å². The Balaban J connectivity index is 2.68. The van der Waals surface area contributed by atoms with Crippen molar-refractivity contribution in [2.24, 2.45) is 0 Å². The number of benzene rings is 1. The number of aromatic nitrogens is 2. The van der Waals surface area contributed by atoms with Crippen LogP contribution in [-0.4, -0.2) is 28.4 Å². The van der Waals surface area contributed by atoms with Crippen molar-refractivity contribution >= 4 is 5.97 Å². The Morgan fingerprint density at radius 2 is 2.10 bits per heavy atom. The number of aromatic amines is 1. The van der Waals surface area contributed by atoms with Crippen LogP contribution in [0.1, 0.15) is 41.4 Å². The van der Waals surface area contributed by atoms with Crippen molar-refractivity contribution in [3.8, 4) is 17.0 Å². The molecule has 0 aliphatic heterocycles. The lowest BCUT2D eigenvalue weighted by atomic mass is 9.92. The van der Waals surface area contributed by atoms with E-state index in [0.717, 1.165) is 22.4 Å². The Kier molecular flexibility index (Phi) is 3.79. The normalized spacial score (nSPS) is 10.8. The molecule has 0 saturated carbocycles. The molecule has 106 valence electrons. The molecule has 0 amide bonds. The van der Waals surface area contributed by atoms with Crippen LogP contribution in [0, 0.1) is 6.92 Å². The zero-order valence-electron chi connectivity index (χ0n) is 12.0. The van der Waals surface area contributed by atoms with Gasteiger partial charge in [-0.15, -0.1) is 0 Å². The summed E-state index contributed by atoms with van der Waals surface area (Å²) in [6.07, 6.45) is 0. The van der Waals surface area contributed by atoms with Gasteiger partial charge in [-0.05, 0) is 30.0 Å². The second kappa shape index (κ2) is 5.36. The summed E-state index contributed by atoms with van der Waals surface area (Å²) in [7, 11) is 1.61. The third-order valence-corrected chi connectivity index (χ3v) is 3.28.